The molecule has 2 spiro atoms. The largest absolute Gasteiger partial charge is 0.504 e. The molecule has 2 heterocycles. The van der Waals surface area contributed by atoms with E-state index in [0.717, 1.165) is 63.2 Å². The summed E-state index contributed by atoms with van der Waals surface area (Å²) in [6.07, 6.45) is 8.54. The van der Waals surface area contributed by atoms with Gasteiger partial charge in [0, 0.05) is 36.2 Å². The molecule has 0 radical (unpaired) electrons. The second-order valence-electron chi connectivity index (χ2n) is 12.9. The zero-order chi connectivity index (χ0) is 24.3. The third-order valence-corrected chi connectivity index (χ3v) is 11.4. The van der Waals surface area contributed by atoms with Gasteiger partial charge in [0.05, 0.1) is 11.0 Å². The van der Waals surface area contributed by atoms with Gasteiger partial charge < -0.3 is 14.9 Å². The zero-order valence-electron chi connectivity index (χ0n) is 21.3. The van der Waals surface area contributed by atoms with Gasteiger partial charge in [0.2, 0.25) is 0 Å². The lowest BCUT2D eigenvalue weighted by molar-refractivity contribution is -0.245. The maximum Gasteiger partial charge on any atom is 0.165 e. The molecule has 8 rings (SSSR count). The summed E-state index contributed by atoms with van der Waals surface area (Å²) in [7, 11) is 2.27. The van der Waals surface area contributed by atoms with E-state index in [2.05, 4.69) is 53.2 Å². The van der Waals surface area contributed by atoms with Crippen LogP contribution in [0.15, 0.2) is 42.5 Å². The molecular formula is C31H38N2O3. The van der Waals surface area contributed by atoms with E-state index in [-0.39, 0.29) is 23.3 Å². The van der Waals surface area contributed by atoms with Gasteiger partial charge in [0.1, 0.15) is 6.10 Å². The molecule has 2 aromatic rings. The van der Waals surface area contributed by atoms with Crippen molar-refractivity contribution in [3.05, 3.63) is 59.2 Å². The van der Waals surface area contributed by atoms with Crippen molar-refractivity contribution in [3.63, 3.8) is 0 Å². The van der Waals surface area contributed by atoms with Crippen LogP contribution in [0.1, 0.15) is 61.6 Å². The molecule has 2 aromatic carbocycles. The van der Waals surface area contributed by atoms with Crippen LogP contribution < -0.4 is 4.74 Å². The first-order chi connectivity index (χ1) is 17.5. The Kier molecular flexibility index (Phi) is 4.43. The Morgan fingerprint density at radius 3 is 2.61 bits per heavy atom. The van der Waals surface area contributed by atoms with E-state index < -0.39 is 11.0 Å². The Hall–Kier alpha value is -2.08. The Labute approximate surface area is 214 Å². The van der Waals surface area contributed by atoms with Crippen LogP contribution in [-0.2, 0) is 18.4 Å². The molecule has 2 N–H and O–H groups in total. The number of phenolic OH excluding ortho intramolecular Hbond substituents is 1. The number of aromatic hydroxyl groups is 1. The standard InChI is InChI=1S/C31H38N2O3/c1-32(18-20-5-3-2-4-6-20)24-11-12-29(24)13-14-31(35)25-17-22-9-10-23(34)27-26(22)30(31,28(29)36-27)15-16-33(25)19-21-7-8-21/h2-6,9-10,21,24-25,28,34-35H,7-8,11-19H2,1H3/t24-,25-,28+,29+,30+,31-/m1/s1. The maximum atomic E-state index is 12.8. The van der Waals surface area contributed by atoms with E-state index in [0.29, 0.717) is 11.8 Å². The fraction of sp³-hybridized carbons (Fsp3) is 0.613. The monoisotopic (exact) mass is 486 g/mol. The summed E-state index contributed by atoms with van der Waals surface area (Å²) in [6.45, 7) is 3.08. The molecular weight excluding hydrogens is 448 g/mol. The second kappa shape index (κ2) is 7.27. The van der Waals surface area contributed by atoms with Gasteiger partial charge in [0.15, 0.2) is 11.5 Å². The predicted octanol–water partition coefficient (Wildman–Crippen LogP) is 4.24. The molecule has 5 heteroatoms. The summed E-state index contributed by atoms with van der Waals surface area (Å²) in [4.78, 5) is 5.17. The number of hydrogen-bond acceptors (Lipinski definition) is 5. The van der Waals surface area contributed by atoms with Crippen molar-refractivity contribution in [1.29, 1.82) is 0 Å². The Bertz CT molecular complexity index is 1210. The van der Waals surface area contributed by atoms with Crippen LogP contribution in [0.3, 0.4) is 0 Å². The fourth-order valence-corrected chi connectivity index (χ4v) is 9.52. The number of ether oxygens (including phenoxy) is 1. The number of rotatable bonds is 5. The SMILES string of the molecule is CN(Cc1ccccc1)[C@@H]1CC[C@]12CC[C@@]1(O)[C@H]3Cc4ccc(O)c5c4[C@@]1(CCN3CC1CC1)[C@H]2O5. The van der Waals surface area contributed by atoms with Crippen LogP contribution in [0.2, 0.25) is 0 Å². The molecule has 4 aliphatic carbocycles. The van der Waals surface area contributed by atoms with Crippen LogP contribution in [0.4, 0.5) is 0 Å². The first-order valence-corrected chi connectivity index (χ1v) is 14.2. The predicted molar refractivity (Wildman–Crippen MR) is 138 cm³/mol. The average Bonchev–Trinajstić information content (AvgIpc) is 3.59. The molecule has 4 fully saturated rings. The Balaban J connectivity index is 1.22. The lowest BCUT2D eigenvalue weighted by Gasteiger charge is -2.70. The van der Waals surface area contributed by atoms with E-state index in [1.807, 2.05) is 6.07 Å². The number of fused-ring (bicyclic) bond motifs is 1. The van der Waals surface area contributed by atoms with Gasteiger partial charge in [-0.15, -0.1) is 0 Å². The van der Waals surface area contributed by atoms with Crippen LogP contribution in [0.5, 0.6) is 11.5 Å². The molecule has 3 saturated carbocycles. The highest BCUT2D eigenvalue weighted by atomic mass is 16.5. The van der Waals surface area contributed by atoms with Gasteiger partial charge in [-0.1, -0.05) is 36.4 Å². The van der Waals surface area contributed by atoms with Crippen molar-refractivity contribution >= 4 is 0 Å². The molecule has 190 valence electrons. The summed E-state index contributed by atoms with van der Waals surface area (Å²) < 4.78 is 6.94. The molecule has 6 atom stereocenters. The van der Waals surface area contributed by atoms with Gasteiger partial charge in [-0.2, -0.15) is 0 Å². The number of hydrogen-bond donors (Lipinski definition) is 2. The number of aliphatic hydroxyl groups is 1. The Morgan fingerprint density at radius 2 is 1.86 bits per heavy atom. The minimum absolute atomic E-state index is 0.0129. The van der Waals surface area contributed by atoms with E-state index in [1.54, 1.807) is 0 Å². The lowest BCUT2D eigenvalue weighted by Crippen LogP contribution is -2.80. The third-order valence-electron chi connectivity index (χ3n) is 11.4. The van der Waals surface area contributed by atoms with Crippen molar-refractivity contribution in [2.24, 2.45) is 11.3 Å². The number of benzene rings is 2. The number of piperidine rings is 1. The lowest BCUT2D eigenvalue weighted by atomic mass is 9.40. The summed E-state index contributed by atoms with van der Waals surface area (Å²) in [6, 6.07) is 15.3. The normalized spacial score (nSPS) is 40.1. The van der Waals surface area contributed by atoms with Gasteiger partial charge in [0.25, 0.3) is 0 Å². The van der Waals surface area contributed by atoms with Crippen LogP contribution in [0.25, 0.3) is 0 Å². The van der Waals surface area contributed by atoms with Crippen LogP contribution in [0, 0.1) is 11.3 Å². The molecule has 5 nitrogen and oxygen atoms in total. The number of phenols is 1. The smallest absolute Gasteiger partial charge is 0.165 e. The van der Waals surface area contributed by atoms with Crippen molar-refractivity contribution in [1.82, 2.24) is 9.80 Å². The molecule has 1 saturated heterocycles. The quantitative estimate of drug-likeness (QED) is 0.662. The first-order valence-electron chi connectivity index (χ1n) is 14.2. The average molecular weight is 487 g/mol. The minimum Gasteiger partial charge on any atom is -0.504 e. The molecule has 2 aliphatic heterocycles. The highest BCUT2D eigenvalue weighted by Crippen LogP contribution is 2.72. The van der Waals surface area contributed by atoms with Gasteiger partial charge >= 0.3 is 0 Å². The molecule has 0 amide bonds. The maximum absolute atomic E-state index is 12.8. The number of likely N-dealkylation sites (tertiary alicyclic amines) is 1. The minimum atomic E-state index is -0.791. The van der Waals surface area contributed by atoms with Crippen LogP contribution in [-0.4, -0.2) is 63.9 Å². The van der Waals surface area contributed by atoms with Gasteiger partial charge in [-0.3, -0.25) is 9.80 Å². The summed E-state index contributed by atoms with van der Waals surface area (Å²) in [5, 5.41) is 23.8. The molecule has 6 aliphatic rings. The van der Waals surface area contributed by atoms with Crippen molar-refractivity contribution in [2.45, 2.75) is 87.1 Å². The summed E-state index contributed by atoms with van der Waals surface area (Å²) in [5.74, 6) is 1.75. The fourth-order valence-electron chi connectivity index (χ4n) is 9.52. The molecule has 0 unspecified atom stereocenters. The van der Waals surface area contributed by atoms with Crippen molar-refractivity contribution in [2.75, 3.05) is 20.1 Å². The number of nitrogens with zero attached hydrogens (tertiary/aromatic N) is 2. The van der Waals surface area contributed by atoms with Gasteiger partial charge in [-0.05, 0) is 88.1 Å². The Morgan fingerprint density at radius 1 is 1.03 bits per heavy atom. The topological polar surface area (TPSA) is 56.2 Å². The summed E-state index contributed by atoms with van der Waals surface area (Å²) in [5.41, 5.74) is 2.61. The second-order valence-corrected chi connectivity index (χ2v) is 12.9. The van der Waals surface area contributed by atoms with Gasteiger partial charge in [-0.25, -0.2) is 0 Å². The van der Waals surface area contributed by atoms with Crippen molar-refractivity contribution in [3.8, 4) is 11.5 Å². The van der Waals surface area contributed by atoms with E-state index in [9.17, 15) is 10.2 Å². The first kappa shape index (κ1) is 22.0. The molecule has 2 bridgehead atoms. The molecule has 0 aromatic heterocycles. The molecule has 36 heavy (non-hydrogen) atoms. The van der Waals surface area contributed by atoms with E-state index in [4.69, 9.17) is 4.74 Å². The van der Waals surface area contributed by atoms with Crippen molar-refractivity contribution < 1.29 is 14.9 Å². The van der Waals surface area contributed by atoms with E-state index >= 15 is 0 Å². The zero-order valence-corrected chi connectivity index (χ0v) is 21.3. The van der Waals surface area contributed by atoms with Crippen LogP contribution >= 0.6 is 0 Å². The third kappa shape index (κ3) is 2.62. The summed E-state index contributed by atoms with van der Waals surface area (Å²) >= 11 is 0. The highest BCUT2D eigenvalue weighted by Gasteiger charge is 2.78. The van der Waals surface area contributed by atoms with E-state index in [1.165, 1.54) is 30.4 Å². The highest BCUT2D eigenvalue weighted by molar-refractivity contribution is 5.63.